The maximum atomic E-state index is 10.8. The predicted molar refractivity (Wildman–Crippen MR) is 65.1 cm³/mol. The monoisotopic (exact) mass is 240 g/mol. The van der Waals surface area contributed by atoms with Crippen molar-refractivity contribution >= 4 is 11.3 Å². The lowest BCUT2D eigenvalue weighted by Gasteiger charge is -2.02. The van der Waals surface area contributed by atoms with Crippen LogP contribution in [0, 0.1) is 10.1 Å². The van der Waals surface area contributed by atoms with Gasteiger partial charge in [0.15, 0.2) is 5.65 Å². The lowest BCUT2D eigenvalue weighted by molar-refractivity contribution is -0.384. The first-order chi connectivity index (χ1) is 8.75. The van der Waals surface area contributed by atoms with Gasteiger partial charge >= 0.3 is 0 Å². The Morgan fingerprint density at radius 1 is 1.22 bits per heavy atom. The molecule has 0 spiro atoms. The van der Waals surface area contributed by atoms with E-state index >= 15 is 0 Å². The van der Waals surface area contributed by atoms with Crippen LogP contribution in [0.2, 0.25) is 0 Å². The summed E-state index contributed by atoms with van der Waals surface area (Å²) in [6.45, 7) is 0. The quantitative estimate of drug-likeness (QED) is 0.509. The zero-order chi connectivity index (χ0) is 12.5. The molecule has 18 heavy (non-hydrogen) atoms. The van der Waals surface area contributed by atoms with Gasteiger partial charge in [0.05, 0.1) is 4.92 Å². The van der Waals surface area contributed by atoms with Gasteiger partial charge in [0.2, 0.25) is 0 Å². The van der Waals surface area contributed by atoms with Crippen LogP contribution in [0.5, 0.6) is 0 Å². The molecule has 0 unspecified atom stereocenters. The Morgan fingerprint density at radius 2 is 2.11 bits per heavy atom. The number of non-ortho nitro benzene ring substituents is 1. The second kappa shape index (κ2) is 3.92. The summed E-state index contributed by atoms with van der Waals surface area (Å²) in [5.74, 6) is 0. The van der Waals surface area contributed by atoms with Crippen LogP contribution >= 0.6 is 0 Å². The van der Waals surface area contributed by atoms with Crippen molar-refractivity contribution in [3.63, 3.8) is 0 Å². The highest BCUT2D eigenvalue weighted by atomic mass is 16.6. The number of aromatic nitrogens is 3. The van der Waals surface area contributed by atoms with Gasteiger partial charge in [0.25, 0.3) is 5.69 Å². The lowest BCUT2D eigenvalue weighted by atomic mass is 10.1. The highest BCUT2D eigenvalue weighted by molar-refractivity contribution is 5.78. The van der Waals surface area contributed by atoms with Gasteiger partial charge in [-0.15, -0.1) is 10.2 Å². The molecule has 0 radical (unpaired) electrons. The summed E-state index contributed by atoms with van der Waals surface area (Å²) in [5, 5.41) is 18.6. The van der Waals surface area contributed by atoms with Gasteiger partial charge in [-0.25, -0.2) is 0 Å². The van der Waals surface area contributed by atoms with Crippen molar-refractivity contribution in [2.45, 2.75) is 0 Å². The van der Waals surface area contributed by atoms with E-state index in [4.69, 9.17) is 0 Å². The summed E-state index contributed by atoms with van der Waals surface area (Å²) < 4.78 is 1.77. The van der Waals surface area contributed by atoms with Gasteiger partial charge in [-0.3, -0.25) is 14.5 Å². The third-order valence-electron chi connectivity index (χ3n) is 2.69. The fourth-order valence-corrected chi connectivity index (χ4v) is 1.86. The Hall–Kier alpha value is -2.76. The molecule has 6 nitrogen and oxygen atoms in total. The molecule has 6 heteroatoms. The maximum Gasteiger partial charge on any atom is 0.270 e. The molecule has 2 aromatic heterocycles. The molecular formula is C12H8N4O2. The van der Waals surface area contributed by atoms with Crippen LogP contribution in [0.1, 0.15) is 0 Å². The Labute approximate surface area is 102 Å². The summed E-state index contributed by atoms with van der Waals surface area (Å²) >= 11 is 0. The second-order valence-electron chi connectivity index (χ2n) is 3.79. The van der Waals surface area contributed by atoms with Crippen LogP contribution in [-0.2, 0) is 0 Å². The minimum absolute atomic E-state index is 0.0639. The molecule has 0 atom stereocenters. The molecule has 0 aliphatic rings. The number of nitro groups is 1. The standard InChI is InChI=1S/C12H8N4O2/c17-16(18)10-4-1-3-9(7-10)11-5-2-6-15-8-13-14-12(11)15/h1-8H. The van der Waals surface area contributed by atoms with Crippen molar-refractivity contribution in [2.75, 3.05) is 0 Å². The molecule has 0 aliphatic carbocycles. The zero-order valence-electron chi connectivity index (χ0n) is 9.22. The van der Waals surface area contributed by atoms with Crippen molar-refractivity contribution in [1.29, 1.82) is 0 Å². The molecule has 0 saturated carbocycles. The Balaban J connectivity index is 2.23. The molecule has 0 N–H and O–H groups in total. The zero-order valence-corrected chi connectivity index (χ0v) is 9.22. The van der Waals surface area contributed by atoms with E-state index in [9.17, 15) is 10.1 Å². The van der Waals surface area contributed by atoms with Crippen LogP contribution in [-0.4, -0.2) is 19.5 Å². The number of nitrogens with zero attached hydrogens (tertiary/aromatic N) is 4. The fourth-order valence-electron chi connectivity index (χ4n) is 1.86. The van der Waals surface area contributed by atoms with Gasteiger partial charge < -0.3 is 0 Å². The van der Waals surface area contributed by atoms with Gasteiger partial charge in [-0.1, -0.05) is 12.1 Å². The van der Waals surface area contributed by atoms with Crippen molar-refractivity contribution < 1.29 is 4.92 Å². The van der Waals surface area contributed by atoms with E-state index in [1.165, 1.54) is 12.1 Å². The van der Waals surface area contributed by atoms with E-state index < -0.39 is 4.92 Å². The first-order valence-corrected chi connectivity index (χ1v) is 5.29. The Bertz CT molecular complexity index is 736. The van der Waals surface area contributed by atoms with E-state index in [0.717, 1.165) is 11.1 Å². The molecule has 0 fully saturated rings. The Morgan fingerprint density at radius 3 is 2.94 bits per heavy atom. The van der Waals surface area contributed by atoms with E-state index in [-0.39, 0.29) is 5.69 Å². The SMILES string of the molecule is O=[N+]([O-])c1cccc(-c2cccn3cnnc23)c1. The van der Waals surface area contributed by atoms with Crippen molar-refractivity contribution in [1.82, 2.24) is 14.6 Å². The summed E-state index contributed by atoms with van der Waals surface area (Å²) in [4.78, 5) is 10.4. The topological polar surface area (TPSA) is 73.3 Å². The number of fused-ring (bicyclic) bond motifs is 1. The van der Waals surface area contributed by atoms with Gasteiger partial charge in [0, 0.05) is 23.9 Å². The van der Waals surface area contributed by atoms with Gasteiger partial charge in [-0.05, 0) is 17.7 Å². The van der Waals surface area contributed by atoms with Crippen molar-refractivity contribution in [2.24, 2.45) is 0 Å². The minimum atomic E-state index is -0.409. The van der Waals surface area contributed by atoms with E-state index in [0.29, 0.717) is 5.65 Å². The molecule has 1 aromatic carbocycles. The summed E-state index contributed by atoms with van der Waals surface area (Å²) in [6, 6.07) is 10.2. The molecule has 3 aromatic rings. The highest BCUT2D eigenvalue weighted by Gasteiger charge is 2.10. The Kier molecular flexibility index (Phi) is 2.26. The molecule has 0 bridgehead atoms. The van der Waals surface area contributed by atoms with Gasteiger partial charge in [0.1, 0.15) is 6.33 Å². The number of benzene rings is 1. The van der Waals surface area contributed by atoms with E-state index in [2.05, 4.69) is 10.2 Å². The number of hydrogen-bond donors (Lipinski definition) is 0. The van der Waals surface area contributed by atoms with Crippen LogP contribution < -0.4 is 0 Å². The first kappa shape index (κ1) is 10.4. The number of hydrogen-bond acceptors (Lipinski definition) is 4. The average Bonchev–Trinajstić information content (AvgIpc) is 2.87. The third kappa shape index (κ3) is 1.60. The van der Waals surface area contributed by atoms with Crippen molar-refractivity contribution in [3.8, 4) is 11.1 Å². The number of rotatable bonds is 2. The largest absolute Gasteiger partial charge is 0.289 e. The van der Waals surface area contributed by atoms with E-state index in [1.807, 2.05) is 24.4 Å². The number of nitro benzene ring substituents is 1. The van der Waals surface area contributed by atoms with Crippen LogP contribution in [0.25, 0.3) is 16.8 Å². The first-order valence-electron chi connectivity index (χ1n) is 5.29. The minimum Gasteiger partial charge on any atom is -0.289 e. The average molecular weight is 240 g/mol. The molecule has 0 aliphatic heterocycles. The second-order valence-corrected chi connectivity index (χ2v) is 3.79. The molecule has 88 valence electrons. The summed E-state index contributed by atoms with van der Waals surface area (Å²) in [6.07, 6.45) is 3.42. The molecular weight excluding hydrogens is 232 g/mol. The predicted octanol–water partition coefficient (Wildman–Crippen LogP) is 2.30. The normalized spacial score (nSPS) is 10.7. The van der Waals surface area contributed by atoms with Crippen LogP contribution in [0.3, 0.4) is 0 Å². The molecule has 0 amide bonds. The van der Waals surface area contributed by atoms with Crippen LogP contribution in [0.4, 0.5) is 5.69 Å². The third-order valence-corrected chi connectivity index (χ3v) is 2.69. The summed E-state index contributed by atoms with van der Waals surface area (Å²) in [5.41, 5.74) is 2.31. The summed E-state index contributed by atoms with van der Waals surface area (Å²) in [7, 11) is 0. The molecule has 2 heterocycles. The smallest absolute Gasteiger partial charge is 0.270 e. The highest BCUT2D eigenvalue weighted by Crippen LogP contribution is 2.26. The fraction of sp³-hybridized carbons (Fsp3) is 0. The van der Waals surface area contributed by atoms with Crippen LogP contribution in [0.15, 0.2) is 48.9 Å². The number of pyridine rings is 1. The van der Waals surface area contributed by atoms with Crippen molar-refractivity contribution in [3.05, 3.63) is 59.0 Å². The molecule has 0 saturated heterocycles. The molecule has 3 rings (SSSR count). The van der Waals surface area contributed by atoms with Gasteiger partial charge in [-0.2, -0.15) is 0 Å². The van der Waals surface area contributed by atoms with E-state index in [1.54, 1.807) is 16.8 Å². The maximum absolute atomic E-state index is 10.8. The lowest BCUT2D eigenvalue weighted by Crippen LogP contribution is -1.90.